The number of amides is 1. The molecule has 1 aromatic carbocycles. The van der Waals surface area contributed by atoms with Gasteiger partial charge in [0.15, 0.2) is 0 Å². The number of carbonyl (C=O) groups excluding carboxylic acids is 1. The summed E-state index contributed by atoms with van der Waals surface area (Å²) in [6.45, 7) is 6.21. The Morgan fingerprint density at radius 3 is 2.44 bits per heavy atom. The summed E-state index contributed by atoms with van der Waals surface area (Å²) >= 11 is 2.00. The molecule has 1 unspecified atom stereocenters. The molecule has 5 heteroatoms. The van der Waals surface area contributed by atoms with Crippen molar-refractivity contribution in [3.63, 3.8) is 0 Å². The summed E-state index contributed by atoms with van der Waals surface area (Å²) in [5, 5.41) is 2.99. The van der Waals surface area contributed by atoms with E-state index in [9.17, 15) is 4.79 Å². The van der Waals surface area contributed by atoms with Crippen molar-refractivity contribution in [1.82, 2.24) is 10.3 Å². The van der Waals surface area contributed by atoms with Gasteiger partial charge in [0.1, 0.15) is 5.82 Å². The molecule has 1 atom stereocenters. The van der Waals surface area contributed by atoms with Gasteiger partial charge in [-0.2, -0.15) is 11.8 Å². The summed E-state index contributed by atoms with van der Waals surface area (Å²) in [5.74, 6) is 3.37. The highest BCUT2D eigenvalue weighted by Crippen LogP contribution is 2.23. The highest BCUT2D eigenvalue weighted by atomic mass is 32.2. The molecular weight excluding hydrogens is 330 g/mol. The second-order valence-electron chi connectivity index (χ2n) is 6.36. The Morgan fingerprint density at radius 1 is 1.16 bits per heavy atom. The lowest BCUT2D eigenvalue weighted by Gasteiger charge is -2.27. The van der Waals surface area contributed by atoms with Crippen molar-refractivity contribution in [3.8, 4) is 11.1 Å². The third kappa shape index (κ3) is 4.54. The van der Waals surface area contributed by atoms with Crippen molar-refractivity contribution in [3.05, 3.63) is 48.2 Å². The van der Waals surface area contributed by atoms with Gasteiger partial charge < -0.3 is 10.2 Å². The minimum absolute atomic E-state index is 0.0164. The van der Waals surface area contributed by atoms with Crippen LogP contribution >= 0.6 is 11.8 Å². The molecule has 0 radical (unpaired) electrons. The van der Waals surface area contributed by atoms with Crippen molar-refractivity contribution in [2.75, 3.05) is 29.5 Å². The molecule has 1 aliphatic rings. The van der Waals surface area contributed by atoms with Gasteiger partial charge in [0.25, 0.3) is 5.91 Å². The second-order valence-corrected chi connectivity index (χ2v) is 7.59. The maximum absolute atomic E-state index is 12.2. The van der Waals surface area contributed by atoms with Crippen LogP contribution in [0.2, 0.25) is 0 Å². The predicted molar refractivity (Wildman–Crippen MR) is 106 cm³/mol. The fraction of sp³-hybridized carbons (Fsp3) is 0.400. The summed E-state index contributed by atoms with van der Waals surface area (Å²) in [4.78, 5) is 19.1. The first-order valence-electron chi connectivity index (χ1n) is 8.87. The standard InChI is InChI=1S/C20H25N3OS/c1-3-15(2)22-20(24)17-6-4-16(5-7-17)18-8-9-19(21-14-18)23-10-12-25-13-11-23/h4-9,14-15H,3,10-13H2,1-2H3,(H,22,24). The first-order chi connectivity index (χ1) is 12.2. The lowest BCUT2D eigenvalue weighted by molar-refractivity contribution is 0.0939. The van der Waals surface area contributed by atoms with E-state index in [2.05, 4.69) is 34.3 Å². The van der Waals surface area contributed by atoms with E-state index in [1.165, 1.54) is 11.5 Å². The molecule has 0 saturated carbocycles. The number of thioether (sulfide) groups is 1. The molecular formula is C20H25N3OS. The number of aromatic nitrogens is 1. The van der Waals surface area contributed by atoms with Gasteiger partial charge >= 0.3 is 0 Å². The third-order valence-electron chi connectivity index (χ3n) is 4.55. The molecule has 1 amide bonds. The van der Waals surface area contributed by atoms with E-state index in [1.54, 1.807) is 0 Å². The topological polar surface area (TPSA) is 45.2 Å². The molecule has 0 spiro atoms. The zero-order valence-electron chi connectivity index (χ0n) is 14.9. The van der Waals surface area contributed by atoms with Crippen LogP contribution in [0.1, 0.15) is 30.6 Å². The average molecular weight is 356 g/mol. The molecule has 1 saturated heterocycles. The number of carbonyl (C=O) groups is 1. The Kier molecular flexibility index (Phi) is 5.97. The Hall–Kier alpha value is -2.01. The SMILES string of the molecule is CCC(C)NC(=O)c1ccc(-c2ccc(N3CCSCC3)nc2)cc1. The van der Waals surface area contributed by atoms with E-state index in [-0.39, 0.29) is 11.9 Å². The number of pyridine rings is 1. The van der Waals surface area contributed by atoms with Crippen LogP contribution in [-0.2, 0) is 0 Å². The molecule has 4 nitrogen and oxygen atoms in total. The van der Waals surface area contributed by atoms with Crippen molar-refractivity contribution < 1.29 is 4.79 Å². The first-order valence-corrected chi connectivity index (χ1v) is 10.0. The first kappa shape index (κ1) is 17.8. The maximum atomic E-state index is 12.2. The van der Waals surface area contributed by atoms with Crippen LogP contribution in [0.3, 0.4) is 0 Å². The van der Waals surface area contributed by atoms with Crippen LogP contribution in [0.4, 0.5) is 5.82 Å². The minimum atomic E-state index is -0.0164. The van der Waals surface area contributed by atoms with Gasteiger partial charge in [-0.15, -0.1) is 0 Å². The summed E-state index contributed by atoms with van der Waals surface area (Å²) < 4.78 is 0. The van der Waals surface area contributed by atoms with E-state index in [4.69, 9.17) is 0 Å². The van der Waals surface area contributed by atoms with Gasteiger partial charge in [-0.3, -0.25) is 4.79 Å². The van der Waals surface area contributed by atoms with Gasteiger partial charge in [-0.1, -0.05) is 19.1 Å². The van der Waals surface area contributed by atoms with Gasteiger partial charge in [-0.05, 0) is 43.2 Å². The van der Waals surface area contributed by atoms with Crippen LogP contribution < -0.4 is 10.2 Å². The molecule has 132 valence electrons. The molecule has 0 bridgehead atoms. The third-order valence-corrected chi connectivity index (χ3v) is 5.50. The van der Waals surface area contributed by atoms with E-state index in [1.807, 2.05) is 49.1 Å². The molecule has 1 fully saturated rings. The Balaban J connectivity index is 1.68. The Morgan fingerprint density at radius 2 is 1.84 bits per heavy atom. The van der Waals surface area contributed by atoms with E-state index >= 15 is 0 Å². The number of nitrogens with zero attached hydrogens (tertiary/aromatic N) is 2. The molecule has 2 aromatic rings. The molecule has 3 rings (SSSR count). The fourth-order valence-electron chi connectivity index (χ4n) is 2.76. The monoisotopic (exact) mass is 355 g/mol. The molecule has 1 aliphatic heterocycles. The summed E-state index contributed by atoms with van der Waals surface area (Å²) in [5.41, 5.74) is 2.84. The van der Waals surface area contributed by atoms with Crippen LogP contribution in [0.25, 0.3) is 11.1 Å². The maximum Gasteiger partial charge on any atom is 0.251 e. The summed E-state index contributed by atoms with van der Waals surface area (Å²) in [6.07, 6.45) is 2.85. The highest BCUT2D eigenvalue weighted by Gasteiger charge is 2.12. The Labute approximate surface area is 154 Å². The zero-order chi connectivity index (χ0) is 17.6. The molecule has 1 N–H and O–H groups in total. The van der Waals surface area contributed by atoms with Crippen molar-refractivity contribution in [2.24, 2.45) is 0 Å². The number of hydrogen-bond donors (Lipinski definition) is 1. The van der Waals surface area contributed by atoms with Crippen molar-refractivity contribution in [1.29, 1.82) is 0 Å². The summed E-state index contributed by atoms with van der Waals surface area (Å²) in [7, 11) is 0. The molecule has 0 aliphatic carbocycles. The number of nitrogens with one attached hydrogen (secondary N) is 1. The predicted octanol–water partition coefficient (Wildman–Crippen LogP) is 3.83. The van der Waals surface area contributed by atoms with E-state index in [0.29, 0.717) is 5.56 Å². The lowest BCUT2D eigenvalue weighted by Crippen LogP contribution is -2.32. The number of hydrogen-bond acceptors (Lipinski definition) is 4. The molecule has 1 aromatic heterocycles. The van der Waals surface area contributed by atoms with Crippen molar-refractivity contribution in [2.45, 2.75) is 26.3 Å². The minimum Gasteiger partial charge on any atom is -0.355 e. The van der Waals surface area contributed by atoms with Gasteiger partial charge in [0.05, 0.1) is 0 Å². The average Bonchev–Trinajstić information content (AvgIpc) is 2.69. The normalized spacial score (nSPS) is 15.7. The Bertz CT molecular complexity index is 694. The van der Waals surface area contributed by atoms with Crippen LogP contribution in [0.15, 0.2) is 42.6 Å². The highest BCUT2D eigenvalue weighted by molar-refractivity contribution is 7.99. The summed E-state index contributed by atoms with van der Waals surface area (Å²) in [6, 6.07) is 12.1. The van der Waals surface area contributed by atoms with E-state index in [0.717, 1.165) is 36.5 Å². The van der Waals surface area contributed by atoms with E-state index < -0.39 is 0 Å². The van der Waals surface area contributed by atoms with Gasteiger partial charge in [0, 0.05) is 48.0 Å². The number of rotatable bonds is 5. The largest absolute Gasteiger partial charge is 0.355 e. The number of anilines is 1. The second kappa shape index (κ2) is 8.39. The van der Waals surface area contributed by atoms with Crippen LogP contribution in [0.5, 0.6) is 0 Å². The van der Waals surface area contributed by atoms with Crippen LogP contribution in [-0.4, -0.2) is 41.5 Å². The van der Waals surface area contributed by atoms with Crippen LogP contribution in [0, 0.1) is 0 Å². The number of benzene rings is 1. The van der Waals surface area contributed by atoms with Gasteiger partial charge in [-0.25, -0.2) is 4.98 Å². The smallest absolute Gasteiger partial charge is 0.251 e. The lowest BCUT2D eigenvalue weighted by atomic mass is 10.0. The van der Waals surface area contributed by atoms with Crippen molar-refractivity contribution >= 4 is 23.5 Å². The molecule has 2 heterocycles. The zero-order valence-corrected chi connectivity index (χ0v) is 15.7. The quantitative estimate of drug-likeness (QED) is 0.885. The molecule has 25 heavy (non-hydrogen) atoms. The van der Waals surface area contributed by atoms with Gasteiger partial charge in [0.2, 0.25) is 0 Å². The fourth-order valence-corrected chi connectivity index (χ4v) is 3.66.